The lowest BCUT2D eigenvalue weighted by Crippen LogP contribution is -2.58. The first kappa shape index (κ1) is 19.0. The zero-order valence-electron chi connectivity index (χ0n) is 15.5. The molecule has 0 radical (unpaired) electrons. The molecule has 0 bridgehead atoms. The van der Waals surface area contributed by atoms with Gasteiger partial charge >= 0.3 is 12.1 Å². The van der Waals surface area contributed by atoms with Gasteiger partial charge < -0.3 is 19.8 Å². The molecule has 6 heteroatoms. The maximum absolute atomic E-state index is 12.3. The zero-order valence-corrected chi connectivity index (χ0v) is 15.5. The van der Waals surface area contributed by atoms with Gasteiger partial charge in [-0.25, -0.2) is 4.79 Å². The van der Waals surface area contributed by atoms with E-state index in [2.05, 4.69) is 13.8 Å². The predicted molar refractivity (Wildman–Crippen MR) is 89.6 cm³/mol. The smallest absolute Gasteiger partial charge is 0.410 e. The molecule has 138 valence electrons. The summed E-state index contributed by atoms with van der Waals surface area (Å²) in [4.78, 5) is 25.9. The van der Waals surface area contributed by atoms with E-state index in [9.17, 15) is 19.8 Å². The first-order chi connectivity index (χ1) is 10.9. The van der Waals surface area contributed by atoms with Gasteiger partial charge in [0.2, 0.25) is 0 Å². The van der Waals surface area contributed by atoms with Gasteiger partial charge in [0, 0.05) is 13.1 Å². The number of amides is 1. The Morgan fingerprint density at radius 2 is 1.71 bits per heavy atom. The van der Waals surface area contributed by atoms with Gasteiger partial charge in [-0.1, -0.05) is 13.8 Å². The number of carbonyl (C=O) groups excluding carboxylic acids is 1. The van der Waals surface area contributed by atoms with E-state index >= 15 is 0 Å². The average Bonchev–Trinajstić information content (AvgIpc) is 2.81. The highest BCUT2D eigenvalue weighted by atomic mass is 16.6. The second kappa shape index (κ2) is 6.21. The fraction of sp³-hybridized carbons (Fsp3) is 0.889. The summed E-state index contributed by atoms with van der Waals surface area (Å²) in [5.74, 6) is -0.478. The van der Waals surface area contributed by atoms with Crippen molar-refractivity contribution in [3.8, 4) is 0 Å². The van der Waals surface area contributed by atoms with Gasteiger partial charge in [-0.15, -0.1) is 0 Å². The number of aliphatic carboxylic acids is 1. The third-order valence-electron chi connectivity index (χ3n) is 5.40. The first-order valence-corrected chi connectivity index (χ1v) is 8.82. The highest BCUT2D eigenvalue weighted by Gasteiger charge is 2.61. The van der Waals surface area contributed by atoms with Crippen LogP contribution in [0, 0.1) is 17.3 Å². The molecule has 0 spiro atoms. The number of carbonyl (C=O) groups is 2. The lowest BCUT2D eigenvalue weighted by atomic mass is 9.60. The summed E-state index contributed by atoms with van der Waals surface area (Å²) in [5, 5.41) is 21.3. The Bertz CT molecular complexity index is 502. The van der Waals surface area contributed by atoms with E-state index < -0.39 is 28.7 Å². The van der Waals surface area contributed by atoms with Crippen LogP contribution in [0.25, 0.3) is 0 Å². The van der Waals surface area contributed by atoms with E-state index in [0.29, 0.717) is 19.4 Å². The number of likely N-dealkylation sites (tertiary alicyclic amines) is 1. The van der Waals surface area contributed by atoms with Crippen LogP contribution in [0.3, 0.4) is 0 Å². The minimum atomic E-state index is -1.31. The number of carboxylic acid groups (broad SMARTS) is 1. The molecule has 1 aliphatic carbocycles. The molecule has 6 nitrogen and oxygen atoms in total. The summed E-state index contributed by atoms with van der Waals surface area (Å²) in [6.45, 7) is 9.75. The maximum Gasteiger partial charge on any atom is 0.410 e. The van der Waals surface area contributed by atoms with Crippen molar-refractivity contribution in [2.45, 2.75) is 71.5 Å². The van der Waals surface area contributed by atoms with Gasteiger partial charge in [0.05, 0.1) is 5.60 Å². The van der Waals surface area contributed by atoms with Crippen molar-refractivity contribution >= 4 is 12.1 Å². The van der Waals surface area contributed by atoms with Crippen molar-refractivity contribution in [1.29, 1.82) is 0 Å². The van der Waals surface area contributed by atoms with Crippen LogP contribution in [-0.2, 0) is 9.53 Å². The maximum atomic E-state index is 12.3. The standard InChI is InChI=1S/C18H31NO5/c1-12-8-13(2)10-18(23,9-12)17(14(20)21)6-7-19(11-17)15(22)24-16(3,4)5/h12-13,23H,6-11H2,1-5H3,(H,20,21). The molecule has 2 N–H and O–H groups in total. The fourth-order valence-electron chi connectivity index (χ4n) is 4.53. The third kappa shape index (κ3) is 3.53. The molecular weight excluding hydrogens is 310 g/mol. The number of ether oxygens (including phenoxy) is 1. The van der Waals surface area contributed by atoms with Gasteiger partial charge in [0.1, 0.15) is 11.0 Å². The predicted octanol–water partition coefficient (Wildman–Crippen LogP) is 2.89. The van der Waals surface area contributed by atoms with Gasteiger partial charge in [-0.3, -0.25) is 4.79 Å². The molecular formula is C18H31NO5. The Morgan fingerprint density at radius 1 is 1.17 bits per heavy atom. The summed E-state index contributed by atoms with van der Waals surface area (Å²) < 4.78 is 5.37. The quantitative estimate of drug-likeness (QED) is 0.806. The molecule has 2 aliphatic rings. The fourth-order valence-corrected chi connectivity index (χ4v) is 4.53. The number of aliphatic hydroxyl groups is 1. The normalized spacial score (nSPS) is 37.3. The topological polar surface area (TPSA) is 87.1 Å². The van der Waals surface area contributed by atoms with E-state index in [0.717, 1.165) is 6.42 Å². The van der Waals surface area contributed by atoms with Crippen LogP contribution in [0.5, 0.6) is 0 Å². The number of rotatable bonds is 2. The molecule has 2 fully saturated rings. The van der Waals surface area contributed by atoms with Crippen molar-refractivity contribution in [1.82, 2.24) is 4.90 Å². The van der Waals surface area contributed by atoms with Crippen LogP contribution in [0.15, 0.2) is 0 Å². The van der Waals surface area contributed by atoms with E-state index in [1.54, 1.807) is 20.8 Å². The number of carboxylic acids is 1. The van der Waals surface area contributed by atoms with Crippen LogP contribution < -0.4 is 0 Å². The highest BCUT2D eigenvalue weighted by molar-refractivity contribution is 5.79. The van der Waals surface area contributed by atoms with Crippen LogP contribution in [0.1, 0.15) is 60.3 Å². The number of hydrogen-bond acceptors (Lipinski definition) is 4. The summed E-state index contributed by atoms with van der Waals surface area (Å²) in [7, 11) is 0. The van der Waals surface area contributed by atoms with Crippen LogP contribution in [0.2, 0.25) is 0 Å². The zero-order chi connectivity index (χ0) is 18.3. The number of nitrogens with zero attached hydrogens (tertiary/aromatic N) is 1. The molecule has 1 saturated carbocycles. The van der Waals surface area contributed by atoms with Gasteiger partial charge in [0.25, 0.3) is 0 Å². The van der Waals surface area contributed by atoms with Crippen LogP contribution in [-0.4, -0.2) is 51.5 Å². The van der Waals surface area contributed by atoms with Gasteiger partial charge in [-0.05, 0) is 58.3 Å². The Hall–Kier alpha value is -1.30. The van der Waals surface area contributed by atoms with Crippen LogP contribution in [0.4, 0.5) is 4.79 Å². The van der Waals surface area contributed by atoms with Gasteiger partial charge in [0.15, 0.2) is 0 Å². The molecule has 3 atom stereocenters. The van der Waals surface area contributed by atoms with Crippen molar-refractivity contribution in [2.24, 2.45) is 17.3 Å². The average molecular weight is 341 g/mol. The second-order valence-corrected chi connectivity index (χ2v) is 8.93. The van der Waals surface area contributed by atoms with E-state index in [1.165, 1.54) is 4.90 Å². The monoisotopic (exact) mass is 341 g/mol. The van der Waals surface area contributed by atoms with Crippen molar-refractivity contribution < 1.29 is 24.5 Å². The second-order valence-electron chi connectivity index (χ2n) is 8.93. The van der Waals surface area contributed by atoms with E-state index in [1.807, 2.05) is 0 Å². The van der Waals surface area contributed by atoms with Crippen molar-refractivity contribution in [2.75, 3.05) is 13.1 Å². The first-order valence-electron chi connectivity index (χ1n) is 8.82. The van der Waals surface area contributed by atoms with Crippen molar-refractivity contribution in [3.63, 3.8) is 0 Å². The molecule has 2 rings (SSSR count). The highest BCUT2D eigenvalue weighted by Crippen LogP contribution is 2.51. The summed E-state index contributed by atoms with van der Waals surface area (Å²) in [5.41, 5.74) is -3.23. The Labute approximate surface area is 144 Å². The Morgan fingerprint density at radius 3 is 2.17 bits per heavy atom. The lowest BCUT2D eigenvalue weighted by molar-refractivity contribution is -0.178. The molecule has 1 amide bonds. The summed E-state index contributed by atoms with van der Waals surface area (Å²) in [6.07, 6.45) is 1.68. The SMILES string of the molecule is CC1CC(C)CC(O)(C2(C(=O)O)CCN(C(=O)OC(C)(C)C)C2)C1. The molecule has 24 heavy (non-hydrogen) atoms. The molecule has 1 saturated heterocycles. The molecule has 1 heterocycles. The van der Waals surface area contributed by atoms with Crippen LogP contribution >= 0.6 is 0 Å². The minimum Gasteiger partial charge on any atom is -0.481 e. The number of hydrogen-bond donors (Lipinski definition) is 2. The molecule has 1 aliphatic heterocycles. The van der Waals surface area contributed by atoms with E-state index in [-0.39, 0.29) is 24.8 Å². The molecule has 0 aromatic carbocycles. The summed E-state index contributed by atoms with van der Waals surface area (Å²) in [6, 6.07) is 0. The molecule has 3 unspecified atom stereocenters. The minimum absolute atomic E-state index is 0.00713. The lowest BCUT2D eigenvalue weighted by Gasteiger charge is -2.48. The Kier molecular flexibility index (Phi) is 4.92. The largest absolute Gasteiger partial charge is 0.481 e. The Balaban J connectivity index is 2.24. The van der Waals surface area contributed by atoms with Gasteiger partial charge in [-0.2, -0.15) is 0 Å². The third-order valence-corrected chi connectivity index (χ3v) is 5.40. The molecule has 0 aromatic heterocycles. The van der Waals surface area contributed by atoms with Crippen molar-refractivity contribution in [3.05, 3.63) is 0 Å². The van der Waals surface area contributed by atoms with E-state index in [4.69, 9.17) is 4.74 Å². The summed E-state index contributed by atoms with van der Waals surface area (Å²) >= 11 is 0. The molecule has 0 aromatic rings.